The first kappa shape index (κ1) is 15.7. The van der Waals surface area contributed by atoms with Crippen molar-refractivity contribution < 1.29 is 14.6 Å². The van der Waals surface area contributed by atoms with Crippen LogP contribution < -0.4 is 0 Å². The maximum absolute atomic E-state index is 12.4. The van der Waals surface area contributed by atoms with Crippen LogP contribution in [0.15, 0.2) is 54.6 Å². The molecule has 2 aromatic carbocycles. The lowest BCUT2D eigenvalue weighted by molar-refractivity contribution is -0.131. The first-order valence-electron chi connectivity index (χ1n) is 7.90. The number of amides is 1. The van der Waals surface area contributed by atoms with Gasteiger partial charge in [-0.2, -0.15) is 0 Å². The van der Waals surface area contributed by atoms with Crippen LogP contribution in [0.25, 0.3) is 11.1 Å². The minimum absolute atomic E-state index is 0.0296. The van der Waals surface area contributed by atoms with E-state index in [-0.39, 0.29) is 5.91 Å². The third kappa shape index (κ3) is 4.18. The van der Waals surface area contributed by atoms with Gasteiger partial charge in [-0.05, 0) is 16.7 Å². The van der Waals surface area contributed by atoms with Gasteiger partial charge in [0.05, 0.1) is 25.7 Å². The fourth-order valence-electron chi connectivity index (χ4n) is 2.75. The Labute approximate surface area is 136 Å². The second-order valence-corrected chi connectivity index (χ2v) is 5.81. The van der Waals surface area contributed by atoms with Gasteiger partial charge in [0.25, 0.3) is 0 Å². The zero-order valence-electron chi connectivity index (χ0n) is 13.0. The van der Waals surface area contributed by atoms with Crippen LogP contribution in [0, 0.1) is 0 Å². The van der Waals surface area contributed by atoms with Crippen molar-refractivity contribution in [3.05, 3.63) is 60.2 Å². The van der Waals surface area contributed by atoms with E-state index in [0.717, 1.165) is 16.7 Å². The second-order valence-electron chi connectivity index (χ2n) is 5.81. The SMILES string of the molecule is O=C(Cc1ccc(-c2ccccc2)cc1)N1CCOC[C@H](O)C1. The van der Waals surface area contributed by atoms with Crippen molar-refractivity contribution in [2.24, 2.45) is 0 Å². The highest BCUT2D eigenvalue weighted by atomic mass is 16.5. The Morgan fingerprint density at radius 3 is 2.52 bits per heavy atom. The molecule has 4 nitrogen and oxygen atoms in total. The molecule has 1 aliphatic heterocycles. The molecule has 1 fully saturated rings. The molecule has 1 saturated heterocycles. The molecule has 2 aromatic rings. The fourth-order valence-corrected chi connectivity index (χ4v) is 2.75. The normalized spacial score (nSPS) is 18.5. The van der Waals surface area contributed by atoms with Crippen molar-refractivity contribution in [2.45, 2.75) is 12.5 Å². The summed E-state index contributed by atoms with van der Waals surface area (Å²) >= 11 is 0. The molecule has 0 aliphatic carbocycles. The van der Waals surface area contributed by atoms with Crippen LogP contribution >= 0.6 is 0 Å². The van der Waals surface area contributed by atoms with Gasteiger partial charge in [-0.1, -0.05) is 54.6 Å². The van der Waals surface area contributed by atoms with Crippen LogP contribution in [-0.2, 0) is 16.0 Å². The predicted molar refractivity (Wildman–Crippen MR) is 89.0 cm³/mol. The number of ether oxygens (including phenoxy) is 1. The van der Waals surface area contributed by atoms with Crippen LogP contribution in [0.3, 0.4) is 0 Å². The molecule has 0 aromatic heterocycles. The molecule has 1 atom stereocenters. The number of carbonyl (C=O) groups excluding carboxylic acids is 1. The van der Waals surface area contributed by atoms with E-state index in [2.05, 4.69) is 12.1 Å². The van der Waals surface area contributed by atoms with Gasteiger partial charge in [-0.3, -0.25) is 4.79 Å². The van der Waals surface area contributed by atoms with E-state index in [4.69, 9.17) is 4.74 Å². The van der Waals surface area contributed by atoms with E-state index >= 15 is 0 Å². The maximum atomic E-state index is 12.4. The summed E-state index contributed by atoms with van der Waals surface area (Å²) < 4.78 is 5.26. The van der Waals surface area contributed by atoms with Gasteiger partial charge in [-0.25, -0.2) is 0 Å². The van der Waals surface area contributed by atoms with Gasteiger partial charge in [0.1, 0.15) is 0 Å². The molecule has 0 bridgehead atoms. The van der Waals surface area contributed by atoms with Gasteiger partial charge >= 0.3 is 0 Å². The molecule has 0 saturated carbocycles. The molecule has 1 aliphatic rings. The summed E-state index contributed by atoms with van der Waals surface area (Å²) in [5.74, 6) is 0.0296. The van der Waals surface area contributed by atoms with E-state index in [1.54, 1.807) is 4.90 Å². The summed E-state index contributed by atoms with van der Waals surface area (Å²) in [6.45, 7) is 1.67. The molecule has 3 rings (SSSR count). The van der Waals surface area contributed by atoms with E-state index in [1.165, 1.54) is 0 Å². The lowest BCUT2D eigenvalue weighted by atomic mass is 10.0. The molecule has 0 radical (unpaired) electrons. The molecule has 1 amide bonds. The quantitative estimate of drug-likeness (QED) is 0.944. The van der Waals surface area contributed by atoms with Gasteiger partial charge in [-0.15, -0.1) is 0 Å². The summed E-state index contributed by atoms with van der Waals surface area (Å²) in [6, 6.07) is 18.2. The third-order valence-corrected chi connectivity index (χ3v) is 4.02. The van der Waals surface area contributed by atoms with Crippen molar-refractivity contribution in [1.29, 1.82) is 0 Å². The van der Waals surface area contributed by atoms with Crippen molar-refractivity contribution in [2.75, 3.05) is 26.3 Å². The van der Waals surface area contributed by atoms with Crippen molar-refractivity contribution in [3.8, 4) is 11.1 Å². The third-order valence-electron chi connectivity index (χ3n) is 4.02. The Balaban J connectivity index is 1.65. The first-order chi connectivity index (χ1) is 11.2. The van der Waals surface area contributed by atoms with E-state index in [9.17, 15) is 9.90 Å². The first-order valence-corrected chi connectivity index (χ1v) is 7.90. The van der Waals surface area contributed by atoms with Crippen molar-refractivity contribution >= 4 is 5.91 Å². The summed E-state index contributed by atoms with van der Waals surface area (Å²) in [4.78, 5) is 14.1. The summed E-state index contributed by atoms with van der Waals surface area (Å²) in [5, 5.41) is 9.72. The summed E-state index contributed by atoms with van der Waals surface area (Å²) in [7, 11) is 0. The van der Waals surface area contributed by atoms with Crippen LogP contribution in [0.2, 0.25) is 0 Å². The van der Waals surface area contributed by atoms with E-state index in [0.29, 0.717) is 32.7 Å². The van der Waals surface area contributed by atoms with Crippen LogP contribution in [0.4, 0.5) is 0 Å². The Kier molecular flexibility index (Phi) is 5.05. The lowest BCUT2D eigenvalue weighted by Crippen LogP contribution is -2.38. The summed E-state index contributed by atoms with van der Waals surface area (Å²) in [6.07, 6.45) is -0.246. The molecule has 0 unspecified atom stereocenters. The van der Waals surface area contributed by atoms with Gasteiger partial charge in [0.15, 0.2) is 0 Å². The molecule has 1 heterocycles. The number of aliphatic hydroxyl groups is 1. The van der Waals surface area contributed by atoms with Gasteiger partial charge < -0.3 is 14.7 Å². The monoisotopic (exact) mass is 311 g/mol. The molecule has 0 spiro atoms. The van der Waals surface area contributed by atoms with Crippen LogP contribution in [-0.4, -0.2) is 48.3 Å². The molecule has 120 valence electrons. The predicted octanol–water partition coefficient (Wildman–Crippen LogP) is 2.12. The molecule has 4 heteroatoms. The number of β-amino-alcohol motifs (C(OH)–C–C–N with tert-alkyl or cyclic N) is 1. The number of rotatable bonds is 3. The van der Waals surface area contributed by atoms with Gasteiger partial charge in [0.2, 0.25) is 5.91 Å². The smallest absolute Gasteiger partial charge is 0.227 e. The minimum atomic E-state index is -0.595. The van der Waals surface area contributed by atoms with Crippen molar-refractivity contribution in [1.82, 2.24) is 4.90 Å². The summed E-state index contributed by atoms with van der Waals surface area (Å²) in [5.41, 5.74) is 3.29. The lowest BCUT2D eigenvalue weighted by Gasteiger charge is -2.21. The Hall–Kier alpha value is -2.17. The topological polar surface area (TPSA) is 49.8 Å². The Morgan fingerprint density at radius 2 is 1.78 bits per heavy atom. The van der Waals surface area contributed by atoms with Crippen molar-refractivity contribution in [3.63, 3.8) is 0 Å². The average Bonchev–Trinajstić information content (AvgIpc) is 2.81. The minimum Gasteiger partial charge on any atom is -0.389 e. The highest BCUT2D eigenvalue weighted by Gasteiger charge is 2.20. The molecule has 23 heavy (non-hydrogen) atoms. The van der Waals surface area contributed by atoms with E-state index < -0.39 is 6.10 Å². The Morgan fingerprint density at radius 1 is 1.09 bits per heavy atom. The standard InChI is InChI=1S/C19H21NO3/c21-18-13-20(10-11-23-14-18)19(22)12-15-6-8-17(9-7-15)16-4-2-1-3-5-16/h1-9,18,21H,10-14H2/t18-/m1/s1. The number of aliphatic hydroxyl groups excluding tert-OH is 1. The number of hydrogen-bond donors (Lipinski definition) is 1. The second kappa shape index (κ2) is 7.40. The van der Waals surface area contributed by atoms with Crippen LogP contribution in [0.5, 0.6) is 0 Å². The van der Waals surface area contributed by atoms with E-state index in [1.807, 2.05) is 42.5 Å². The van der Waals surface area contributed by atoms with Gasteiger partial charge in [0, 0.05) is 13.1 Å². The average molecular weight is 311 g/mol. The number of nitrogens with zero attached hydrogens (tertiary/aromatic N) is 1. The highest BCUT2D eigenvalue weighted by Crippen LogP contribution is 2.19. The fraction of sp³-hybridized carbons (Fsp3) is 0.316. The number of carbonyl (C=O) groups is 1. The zero-order chi connectivity index (χ0) is 16.1. The molecular weight excluding hydrogens is 290 g/mol. The number of hydrogen-bond acceptors (Lipinski definition) is 3. The Bertz CT molecular complexity index is 639. The number of benzene rings is 2. The molecule has 1 N–H and O–H groups in total. The maximum Gasteiger partial charge on any atom is 0.227 e. The largest absolute Gasteiger partial charge is 0.389 e. The zero-order valence-corrected chi connectivity index (χ0v) is 13.0. The van der Waals surface area contributed by atoms with Crippen LogP contribution in [0.1, 0.15) is 5.56 Å². The molecular formula is C19H21NO3. The highest BCUT2D eigenvalue weighted by molar-refractivity contribution is 5.79.